The molecule has 0 aromatic carbocycles. The van der Waals surface area contributed by atoms with Crippen LogP contribution in [0.15, 0.2) is 21.3 Å². The summed E-state index contributed by atoms with van der Waals surface area (Å²) in [6.45, 7) is 6.97. The first-order valence-corrected chi connectivity index (χ1v) is 5.79. The Morgan fingerprint density at radius 2 is 2.08 bits per heavy atom. The Morgan fingerprint density at radius 3 is 2.58 bits per heavy atom. The van der Waals surface area contributed by atoms with Crippen LogP contribution in [-0.2, 0) is 0 Å². The van der Waals surface area contributed by atoms with Crippen LogP contribution in [0, 0.1) is 5.41 Å². The molecule has 12 heavy (non-hydrogen) atoms. The summed E-state index contributed by atoms with van der Waals surface area (Å²) in [5, 5.41) is 0. The van der Waals surface area contributed by atoms with Crippen LogP contribution in [0.25, 0.3) is 0 Å². The second-order valence-electron chi connectivity index (χ2n) is 4.22. The van der Waals surface area contributed by atoms with Crippen molar-refractivity contribution in [2.24, 2.45) is 5.41 Å². The highest BCUT2D eigenvalue weighted by molar-refractivity contribution is 14.1. The fourth-order valence-electron chi connectivity index (χ4n) is 2.07. The topological polar surface area (TPSA) is 0 Å². The van der Waals surface area contributed by atoms with Gasteiger partial charge in [-0.05, 0) is 41.3 Å². The van der Waals surface area contributed by atoms with Gasteiger partial charge in [0.2, 0.25) is 0 Å². The molecular formula is C11H17I. The molecule has 1 aliphatic carbocycles. The van der Waals surface area contributed by atoms with E-state index in [1.54, 1.807) is 11.1 Å². The van der Waals surface area contributed by atoms with E-state index in [0.29, 0.717) is 5.41 Å². The number of hydrogen-bond donors (Lipinski definition) is 0. The van der Waals surface area contributed by atoms with E-state index in [-0.39, 0.29) is 0 Å². The van der Waals surface area contributed by atoms with Crippen molar-refractivity contribution in [2.75, 3.05) is 0 Å². The highest BCUT2D eigenvalue weighted by Gasteiger charge is 2.26. The van der Waals surface area contributed by atoms with E-state index in [2.05, 4.69) is 53.5 Å². The molecular weight excluding hydrogens is 259 g/mol. The average Bonchev–Trinajstić information content (AvgIpc) is 1.97. The van der Waals surface area contributed by atoms with Crippen molar-refractivity contribution >= 4 is 22.6 Å². The maximum atomic E-state index is 2.35. The van der Waals surface area contributed by atoms with Gasteiger partial charge in [0, 0.05) is 0 Å². The second kappa shape index (κ2) is 3.95. The molecule has 0 N–H and O–H groups in total. The summed E-state index contributed by atoms with van der Waals surface area (Å²) in [5.74, 6) is 0. The Labute approximate surface area is 89.3 Å². The second-order valence-corrected chi connectivity index (χ2v) is 4.94. The molecule has 0 saturated heterocycles. The molecule has 0 aromatic rings. The maximum absolute atomic E-state index is 2.35. The molecule has 0 saturated carbocycles. The van der Waals surface area contributed by atoms with Crippen molar-refractivity contribution in [1.29, 1.82) is 0 Å². The Morgan fingerprint density at radius 1 is 1.42 bits per heavy atom. The molecule has 68 valence electrons. The average molecular weight is 276 g/mol. The molecule has 0 radical (unpaired) electrons. The third kappa shape index (κ3) is 2.12. The van der Waals surface area contributed by atoms with Gasteiger partial charge in [-0.2, -0.15) is 0 Å². The zero-order chi connectivity index (χ0) is 9.19. The molecule has 0 amide bonds. The molecule has 0 spiro atoms. The molecule has 0 atom stereocenters. The van der Waals surface area contributed by atoms with Crippen molar-refractivity contribution < 1.29 is 0 Å². The van der Waals surface area contributed by atoms with E-state index >= 15 is 0 Å². The van der Waals surface area contributed by atoms with E-state index in [4.69, 9.17) is 0 Å². The van der Waals surface area contributed by atoms with Gasteiger partial charge in [0.25, 0.3) is 0 Å². The molecule has 1 aliphatic rings. The molecule has 0 bridgehead atoms. The lowest BCUT2D eigenvalue weighted by Gasteiger charge is -2.32. The SMILES string of the molecule is CC1=C(/C=C\I)C(C)(C)CCC1. The van der Waals surface area contributed by atoms with E-state index in [1.807, 2.05) is 0 Å². The summed E-state index contributed by atoms with van der Waals surface area (Å²) in [4.78, 5) is 0. The van der Waals surface area contributed by atoms with E-state index in [9.17, 15) is 0 Å². The molecule has 0 fully saturated rings. The van der Waals surface area contributed by atoms with Gasteiger partial charge < -0.3 is 0 Å². The van der Waals surface area contributed by atoms with Gasteiger partial charge in [-0.3, -0.25) is 0 Å². The lowest BCUT2D eigenvalue weighted by molar-refractivity contribution is 0.377. The number of halogens is 1. The molecule has 0 heterocycles. The minimum absolute atomic E-state index is 0.407. The van der Waals surface area contributed by atoms with Gasteiger partial charge in [-0.25, -0.2) is 0 Å². The third-order valence-corrected chi connectivity index (χ3v) is 3.13. The summed E-state index contributed by atoms with van der Waals surface area (Å²) >= 11 is 2.30. The fourth-order valence-corrected chi connectivity index (χ4v) is 2.43. The van der Waals surface area contributed by atoms with Gasteiger partial charge in [-0.1, -0.05) is 48.1 Å². The molecule has 0 unspecified atom stereocenters. The zero-order valence-corrected chi connectivity index (χ0v) is 10.3. The van der Waals surface area contributed by atoms with E-state index < -0.39 is 0 Å². The van der Waals surface area contributed by atoms with Crippen LogP contribution in [0.2, 0.25) is 0 Å². The Kier molecular flexibility index (Phi) is 3.38. The van der Waals surface area contributed by atoms with Crippen molar-refractivity contribution in [3.63, 3.8) is 0 Å². The Hall–Kier alpha value is 0.210. The van der Waals surface area contributed by atoms with Crippen LogP contribution in [0.5, 0.6) is 0 Å². The third-order valence-electron chi connectivity index (χ3n) is 2.77. The lowest BCUT2D eigenvalue weighted by atomic mass is 9.73. The predicted molar refractivity (Wildman–Crippen MR) is 63.5 cm³/mol. The summed E-state index contributed by atoms with van der Waals surface area (Å²) < 4.78 is 2.13. The van der Waals surface area contributed by atoms with Gasteiger partial charge in [-0.15, -0.1) is 0 Å². The monoisotopic (exact) mass is 276 g/mol. The van der Waals surface area contributed by atoms with Crippen molar-refractivity contribution in [3.05, 3.63) is 21.3 Å². The lowest BCUT2D eigenvalue weighted by Crippen LogP contribution is -2.18. The van der Waals surface area contributed by atoms with Crippen LogP contribution in [0.3, 0.4) is 0 Å². The smallest absolute Gasteiger partial charge is 0.0104 e. The Balaban J connectivity index is 3.00. The van der Waals surface area contributed by atoms with Crippen molar-refractivity contribution in [1.82, 2.24) is 0 Å². The van der Waals surface area contributed by atoms with Gasteiger partial charge in [0.1, 0.15) is 0 Å². The maximum Gasteiger partial charge on any atom is -0.0104 e. The molecule has 1 heteroatoms. The predicted octanol–water partition coefficient (Wildman–Crippen LogP) is 4.46. The van der Waals surface area contributed by atoms with Gasteiger partial charge in [0.15, 0.2) is 0 Å². The van der Waals surface area contributed by atoms with Gasteiger partial charge in [0.05, 0.1) is 0 Å². The number of hydrogen-bond acceptors (Lipinski definition) is 0. The first kappa shape index (κ1) is 10.3. The molecule has 0 aromatic heterocycles. The quantitative estimate of drug-likeness (QED) is 0.620. The highest BCUT2D eigenvalue weighted by atomic mass is 127. The molecule has 0 aliphatic heterocycles. The highest BCUT2D eigenvalue weighted by Crippen LogP contribution is 2.40. The van der Waals surface area contributed by atoms with Crippen LogP contribution in [-0.4, -0.2) is 0 Å². The molecule has 0 nitrogen and oxygen atoms in total. The summed E-state index contributed by atoms with van der Waals surface area (Å²) in [7, 11) is 0. The van der Waals surface area contributed by atoms with Crippen LogP contribution < -0.4 is 0 Å². The minimum atomic E-state index is 0.407. The summed E-state index contributed by atoms with van der Waals surface area (Å²) in [6, 6.07) is 0. The molecule has 1 rings (SSSR count). The first-order valence-electron chi connectivity index (χ1n) is 4.55. The largest absolute Gasteiger partial charge is 0.0696 e. The van der Waals surface area contributed by atoms with Gasteiger partial charge >= 0.3 is 0 Å². The standard InChI is InChI=1S/C11H17I/c1-9-5-4-7-11(2,3)10(9)6-8-12/h6,8H,4-5,7H2,1-3H3/b8-6-. The zero-order valence-electron chi connectivity index (χ0n) is 8.15. The van der Waals surface area contributed by atoms with Crippen molar-refractivity contribution in [2.45, 2.75) is 40.0 Å². The number of rotatable bonds is 1. The van der Waals surface area contributed by atoms with E-state index in [1.165, 1.54) is 19.3 Å². The van der Waals surface area contributed by atoms with Crippen molar-refractivity contribution in [3.8, 4) is 0 Å². The Bertz CT molecular complexity index is 221. The summed E-state index contributed by atoms with van der Waals surface area (Å²) in [5.41, 5.74) is 3.55. The van der Waals surface area contributed by atoms with Crippen LogP contribution in [0.1, 0.15) is 40.0 Å². The number of allylic oxidation sites excluding steroid dienone is 3. The minimum Gasteiger partial charge on any atom is -0.0696 e. The fraction of sp³-hybridized carbons (Fsp3) is 0.636. The summed E-state index contributed by atoms with van der Waals surface area (Å²) in [6.07, 6.45) is 6.26. The van der Waals surface area contributed by atoms with Crippen LogP contribution >= 0.6 is 22.6 Å². The van der Waals surface area contributed by atoms with Crippen LogP contribution in [0.4, 0.5) is 0 Å². The first-order chi connectivity index (χ1) is 5.58. The normalized spacial score (nSPS) is 23.7. The van der Waals surface area contributed by atoms with E-state index in [0.717, 1.165) is 0 Å².